The molecule has 1 saturated heterocycles. The van der Waals surface area contributed by atoms with Crippen molar-refractivity contribution in [3.8, 4) is 0 Å². The van der Waals surface area contributed by atoms with E-state index in [1.165, 1.54) is 6.42 Å². The summed E-state index contributed by atoms with van der Waals surface area (Å²) in [6, 6.07) is 0.870. The highest BCUT2D eigenvalue weighted by molar-refractivity contribution is 5.29. The summed E-state index contributed by atoms with van der Waals surface area (Å²) in [5, 5.41) is 2.17. The number of hydrazine groups is 1. The molecule has 1 aromatic rings. The zero-order valence-corrected chi connectivity index (χ0v) is 12.1. The number of hydrogen-bond donors (Lipinski definition) is 1. The van der Waals surface area contributed by atoms with Crippen LogP contribution in [0.25, 0.3) is 0 Å². The van der Waals surface area contributed by atoms with E-state index in [1.807, 2.05) is 0 Å². The first-order valence-electron chi connectivity index (χ1n) is 7.24. The molecule has 0 saturated carbocycles. The molecule has 5 heteroatoms. The van der Waals surface area contributed by atoms with Crippen molar-refractivity contribution in [1.29, 1.82) is 0 Å². The first-order chi connectivity index (χ1) is 9.13. The molecule has 0 bridgehead atoms. The van der Waals surface area contributed by atoms with Gasteiger partial charge in [0.1, 0.15) is 0 Å². The Morgan fingerprint density at radius 3 is 2.68 bits per heavy atom. The highest BCUT2D eigenvalue weighted by Crippen LogP contribution is 2.21. The summed E-state index contributed by atoms with van der Waals surface area (Å²) in [6.45, 7) is 7.18. The summed E-state index contributed by atoms with van der Waals surface area (Å²) in [4.78, 5) is 16.5. The summed E-state index contributed by atoms with van der Waals surface area (Å²) < 4.78 is 1.72. The molecule has 106 valence electrons. The molecule has 0 spiro atoms. The number of nitrogens with one attached hydrogen (secondary N) is 1. The van der Waals surface area contributed by atoms with E-state index in [1.54, 1.807) is 17.0 Å². The van der Waals surface area contributed by atoms with Gasteiger partial charge in [0, 0.05) is 31.0 Å². The number of rotatable bonds is 4. The molecule has 0 aliphatic carbocycles. The zero-order valence-electron chi connectivity index (χ0n) is 12.1. The molecule has 5 nitrogen and oxygen atoms in total. The van der Waals surface area contributed by atoms with Crippen molar-refractivity contribution in [2.75, 3.05) is 5.43 Å². The van der Waals surface area contributed by atoms with Crippen molar-refractivity contribution in [1.82, 2.24) is 14.6 Å². The Hall–Kier alpha value is -1.36. The maximum atomic E-state index is 12.3. The molecular weight excluding hydrogens is 240 g/mol. The van der Waals surface area contributed by atoms with E-state index < -0.39 is 0 Å². The molecule has 2 unspecified atom stereocenters. The van der Waals surface area contributed by atoms with Crippen LogP contribution >= 0.6 is 0 Å². The highest BCUT2D eigenvalue weighted by Gasteiger charge is 2.25. The van der Waals surface area contributed by atoms with Crippen LogP contribution in [0.4, 0.5) is 5.82 Å². The fourth-order valence-electron chi connectivity index (χ4n) is 2.70. The van der Waals surface area contributed by atoms with E-state index in [0.29, 0.717) is 17.9 Å². The Kier molecular flexibility index (Phi) is 4.58. The number of hydrogen-bond acceptors (Lipinski definition) is 4. The fraction of sp³-hybridized carbons (Fsp3) is 0.714. The van der Waals surface area contributed by atoms with Gasteiger partial charge in [0.05, 0.1) is 0 Å². The predicted octanol–water partition coefficient (Wildman–Crippen LogP) is 2.24. The van der Waals surface area contributed by atoms with Gasteiger partial charge in [0.25, 0.3) is 5.56 Å². The topological polar surface area (TPSA) is 50.2 Å². The standard InChI is InChI=1S/C14H24N4O/c1-4-9-17-10-8-15-13(14(17)19)16-18-11(2)6-5-7-12(18)3/h8,10-12H,4-7,9H2,1-3H3,(H,15,16). The first-order valence-corrected chi connectivity index (χ1v) is 7.24. The van der Waals surface area contributed by atoms with Crippen LogP contribution in [0.5, 0.6) is 0 Å². The van der Waals surface area contributed by atoms with Crippen molar-refractivity contribution in [2.24, 2.45) is 0 Å². The SMILES string of the molecule is CCCn1ccnc(NN2C(C)CCCC2C)c1=O. The van der Waals surface area contributed by atoms with Gasteiger partial charge >= 0.3 is 0 Å². The van der Waals surface area contributed by atoms with E-state index >= 15 is 0 Å². The molecule has 0 amide bonds. The lowest BCUT2D eigenvalue weighted by Crippen LogP contribution is -2.48. The first kappa shape index (κ1) is 14.1. The zero-order chi connectivity index (χ0) is 13.8. The molecule has 2 heterocycles. The van der Waals surface area contributed by atoms with Crippen LogP contribution in [-0.2, 0) is 6.54 Å². The van der Waals surface area contributed by atoms with Gasteiger partial charge in [-0.25, -0.2) is 9.99 Å². The second-order valence-corrected chi connectivity index (χ2v) is 5.42. The minimum atomic E-state index is -0.0330. The van der Waals surface area contributed by atoms with Crippen molar-refractivity contribution >= 4 is 5.82 Å². The van der Waals surface area contributed by atoms with Gasteiger partial charge in [0.15, 0.2) is 0 Å². The second-order valence-electron chi connectivity index (χ2n) is 5.42. The molecular formula is C14H24N4O. The van der Waals surface area contributed by atoms with Crippen molar-refractivity contribution in [3.63, 3.8) is 0 Å². The monoisotopic (exact) mass is 264 g/mol. The quantitative estimate of drug-likeness (QED) is 0.906. The number of piperidine rings is 1. The normalized spacial score (nSPS) is 24.4. The molecule has 1 aliphatic rings. The lowest BCUT2D eigenvalue weighted by Gasteiger charge is -2.38. The maximum Gasteiger partial charge on any atom is 0.294 e. The van der Waals surface area contributed by atoms with Gasteiger partial charge in [-0.3, -0.25) is 10.2 Å². The molecule has 0 aromatic carbocycles. The Labute approximate surface area is 114 Å². The average Bonchev–Trinajstić information content (AvgIpc) is 2.38. The minimum absolute atomic E-state index is 0.0330. The van der Waals surface area contributed by atoms with Gasteiger partial charge < -0.3 is 4.57 Å². The molecule has 1 aromatic heterocycles. The number of nitrogens with zero attached hydrogens (tertiary/aromatic N) is 3. The Morgan fingerprint density at radius 1 is 1.37 bits per heavy atom. The van der Waals surface area contributed by atoms with Gasteiger partial charge in [-0.15, -0.1) is 0 Å². The van der Waals surface area contributed by atoms with Gasteiger partial charge in [-0.2, -0.15) is 0 Å². The third kappa shape index (κ3) is 3.15. The van der Waals surface area contributed by atoms with Crippen molar-refractivity contribution < 1.29 is 0 Å². The second kappa shape index (κ2) is 6.19. The van der Waals surface area contributed by atoms with Crippen LogP contribution < -0.4 is 11.0 Å². The summed E-state index contributed by atoms with van der Waals surface area (Å²) in [5.74, 6) is 0.441. The van der Waals surface area contributed by atoms with Gasteiger partial charge in [0.2, 0.25) is 5.82 Å². The summed E-state index contributed by atoms with van der Waals surface area (Å²) >= 11 is 0. The highest BCUT2D eigenvalue weighted by atomic mass is 16.1. The van der Waals surface area contributed by atoms with Gasteiger partial charge in [-0.1, -0.05) is 13.3 Å². The van der Waals surface area contributed by atoms with Crippen LogP contribution in [0.15, 0.2) is 17.2 Å². The van der Waals surface area contributed by atoms with E-state index in [4.69, 9.17) is 0 Å². The van der Waals surface area contributed by atoms with Crippen molar-refractivity contribution in [3.05, 3.63) is 22.7 Å². The van der Waals surface area contributed by atoms with E-state index in [9.17, 15) is 4.79 Å². The van der Waals surface area contributed by atoms with Crippen LogP contribution in [-0.4, -0.2) is 26.6 Å². The molecule has 1 fully saturated rings. The summed E-state index contributed by atoms with van der Waals surface area (Å²) in [6.07, 6.45) is 7.96. The molecule has 2 rings (SSSR count). The molecule has 2 atom stereocenters. The fourth-order valence-corrected chi connectivity index (χ4v) is 2.70. The number of aryl methyl sites for hydroxylation is 1. The van der Waals surface area contributed by atoms with Crippen LogP contribution in [0, 0.1) is 0 Å². The minimum Gasteiger partial charge on any atom is -0.311 e. The number of anilines is 1. The predicted molar refractivity (Wildman–Crippen MR) is 77.0 cm³/mol. The van der Waals surface area contributed by atoms with E-state index in [0.717, 1.165) is 25.8 Å². The third-order valence-electron chi connectivity index (χ3n) is 3.81. The average molecular weight is 264 g/mol. The maximum absolute atomic E-state index is 12.3. The lowest BCUT2D eigenvalue weighted by molar-refractivity contribution is 0.134. The molecule has 1 N–H and O–H groups in total. The third-order valence-corrected chi connectivity index (χ3v) is 3.81. The summed E-state index contributed by atoms with van der Waals surface area (Å²) in [5.41, 5.74) is 3.20. The Balaban J connectivity index is 2.18. The van der Waals surface area contributed by atoms with Crippen LogP contribution in [0.2, 0.25) is 0 Å². The smallest absolute Gasteiger partial charge is 0.294 e. The number of aromatic nitrogens is 2. The van der Waals surface area contributed by atoms with Crippen LogP contribution in [0.3, 0.4) is 0 Å². The Morgan fingerprint density at radius 2 is 2.05 bits per heavy atom. The molecule has 1 aliphatic heterocycles. The lowest BCUT2D eigenvalue weighted by atomic mass is 10.00. The van der Waals surface area contributed by atoms with E-state index in [2.05, 4.69) is 36.2 Å². The molecule has 0 radical (unpaired) electrons. The van der Waals surface area contributed by atoms with Crippen molar-refractivity contribution in [2.45, 2.75) is 65.1 Å². The van der Waals surface area contributed by atoms with E-state index in [-0.39, 0.29) is 5.56 Å². The molecule has 19 heavy (non-hydrogen) atoms. The largest absolute Gasteiger partial charge is 0.311 e. The summed E-state index contributed by atoms with van der Waals surface area (Å²) in [7, 11) is 0. The Bertz CT molecular complexity index is 461. The van der Waals surface area contributed by atoms with Gasteiger partial charge in [-0.05, 0) is 33.1 Å². The van der Waals surface area contributed by atoms with Crippen LogP contribution in [0.1, 0.15) is 46.5 Å².